The molecule has 0 radical (unpaired) electrons. The molecule has 0 aliphatic carbocycles. The molecule has 28 heavy (non-hydrogen) atoms. The average molecular weight is 403 g/mol. The highest BCUT2D eigenvalue weighted by molar-refractivity contribution is 6.32. The van der Waals surface area contributed by atoms with Crippen molar-refractivity contribution in [1.29, 1.82) is 0 Å². The fraction of sp³-hybridized carbons (Fsp3) is 0.286. The monoisotopic (exact) mass is 402 g/mol. The summed E-state index contributed by atoms with van der Waals surface area (Å²) < 4.78 is 21.9. The van der Waals surface area contributed by atoms with Gasteiger partial charge in [-0.15, -0.1) is 0 Å². The first-order chi connectivity index (χ1) is 13.6. The molecule has 0 fully saturated rings. The molecule has 2 N–H and O–H groups in total. The summed E-state index contributed by atoms with van der Waals surface area (Å²) in [6.07, 6.45) is 0.834. The first-order valence-electron chi connectivity index (χ1n) is 9.14. The van der Waals surface area contributed by atoms with Crippen LogP contribution in [0.3, 0.4) is 0 Å². The van der Waals surface area contributed by atoms with Gasteiger partial charge in [-0.2, -0.15) is 0 Å². The third-order valence-corrected chi connectivity index (χ3v) is 4.92. The molecule has 0 saturated carbocycles. The lowest BCUT2D eigenvalue weighted by Crippen LogP contribution is -2.80. The van der Waals surface area contributed by atoms with Crippen LogP contribution < -0.4 is 25.2 Å². The summed E-state index contributed by atoms with van der Waals surface area (Å²) in [5.41, 5.74) is 2.09. The van der Waals surface area contributed by atoms with E-state index in [-0.39, 0.29) is 5.63 Å². The molecule has 0 unspecified atom stereocenters. The number of nitrogens with two attached hydrogens (primary N) is 1. The van der Waals surface area contributed by atoms with Crippen LogP contribution in [0.25, 0.3) is 11.0 Å². The lowest BCUT2D eigenvalue weighted by Gasteiger charge is -2.11. The van der Waals surface area contributed by atoms with Gasteiger partial charge < -0.3 is 23.9 Å². The smallest absolute Gasteiger partial charge is 0.336 e. The van der Waals surface area contributed by atoms with Gasteiger partial charge in [0.25, 0.3) is 0 Å². The van der Waals surface area contributed by atoms with Crippen molar-refractivity contribution in [2.45, 2.75) is 19.5 Å². The topological polar surface area (TPSA) is 74.5 Å². The molecular formula is C21H21ClNO5+. The molecule has 3 aromatic rings. The van der Waals surface area contributed by atoms with Crippen LogP contribution in [0, 0.1) is 0 Å². The summed E-state index contributed by atoms with van der Waals surface area (Å²) in [7, 11) is 1.58. The summed E-state index contributed by atoms with van der Waals surface area (Å²) in [6, 6.07) is 10.9. The second-order valence-electron chi connectivity index (χ2n) is 6.61. The Labute approximate surface area is 167 Å². The van der Waals surface area contributed by atoms with Gasteiger partial charge in [-0.25, -0.2) is 4.79 Å². The number of hydrogen-bond donors (Lipinski definition) is 1. The van der Waals surface area contributed by atoms with Crippen molar-refractivity contribution in [1.82, 2.24) is 0 Å². The number of methoxy groups -OCH3 is 1. The number of fused-ring (bicyclic) bond motifs is 2. The van der Waals surface area contributed by atoms with E-state index in [0.717, 1.165) is 22.9 Å². The Hall–Kier alpha value is -2.70. The number of hydrogen-bond acceptors (Lipinski definition) is 5. The highest BCUT2D eigenvalue weighted by Crippen LogP contribution is 2.37. The zero-order chi connectivity index (χ0) is 19.5. The van der Waals surface area contributed by atoms with Crippen molar-refractivity contribution >= 4 is 22.6 Å². The van der Waals surface area contributed by atoms with Crippen LogP contribution in [0.5, 0.6) is 17.2 Å². The van der Waals surface area contributed by atoms with Crippen molar-refractivity contribution in [3.05, 3.63) is 63.0 Å². The molecule has 0 atom stereocenters. The third-order valence-electron chi connectivity index (χ3n) is 4.64. The summed E-state index contributed by atoms with van der Waals surface area (Å²) in [4.78, 5) is 11.9. The summed E-state index contributed by atoms with van der Waals surface area (Å²) in [5, 5.41) is 3.56. The Bertz CT molecular complexity index is 1060. The van der Waals surface area contributed by atoms with Crippen LogP contribution in [0.4, 0.5) is 0 Å². The SMILES string of the molecule is COc1ccc2c(C[NH2+]Cc3cc(Cl)c4c(c3)OCCCO4)cc(=O)oc2c1. The Morgan fingerprint density at radius 2 is 1.96 bits per heavy atom. The molecule has 146 valence electrons. The van der Waals surface area contributed by atoms with Gasteiger partial charge in [0, 0.05) is 35.1 Å². The highest BCUT2D eigenvalue weighted by Gasteiger charge is 2.16. The van der Waals surface area contributed by atoms with Crippen molar-refractivity contribution < 1.29 is 23.9 Å². The van der Waals surface area contributed by atoms with Crippen molar-refractivity contribution in [2.24, 2.45) is 0 Å². The second-order valence-corrected chi connectivity index (χ2v) is 7.01. The molecular weight excluding hydrogens is 382 g/mol. The fourth-order valence-electron chi connectivity index (χ4n) is 3.30. The Balaban J connectivity index is 1.52. The van der Waals surface area contributed by atoms with E-state index in [9.17, 15) is 4.79 Å². The van der Waals surface area contributed by atoms with Gasteiger partial charge in [0.15, 0.2) is 11.5 Å². The largest absolute Gasteiger partial charge is 0.497 e. The Morgan fingerprint density at radius 3 is 2.82 bits per heavy atom. The van der Waals surface area contributed by atoms with E-state index >= 15 is 0 Å². The summed E-state index contributed by atoms with van der Waals surface area (Å²) >= 11 is 6.36. The van der Waals surface area contributed by atoms with Gasteiger partial charge in [0.1, 0.15) is 24.4 Å². The molecule has 2 aromatic carbocycles. The molecule has 0 amide bonds. The van der Waals surface area contributed by atoms with Crippen LogP contribution >= 0.6 is 11.6 Å². The molecule has 2 heterocycles. The zero-order valence-electron chi connectivity index (χ0n) is 15.5. The molecule has 1 aliphatic rings. The Kier molecular flexibility index (Phi) is 5.41. The van der Waals surface area contributed by atoms with Crippen molar-refractivity contribution in [3.8, 4) is 17.2 Å². The fourth-order valence-corrected chi connectivity index (χ4v) is 3.59. The Morgan fingerprint density at radius 1 is 1.11 bits per heavy atom. The van der Waals surface area contributed by atoms with Crippen LogP contribution in [0.1, 0.15) is 17.5 Å². The number of halogens is 1. The normalized spacial score (nSPS) is 13.4. The number of quaternary nitrogens is 1. The minimum absolute atomic E-state index is 0.372. The van der Waals surface area contributed by atoms with Gasteiger partial charge in [-0.3, -0.25) is 0 Å². The molecule has 0 saturated heterocycles. The van der Waals surface area contributed by atoms with E-state index in [1.165, 1.54) is 6.07 Å². The highest BCUT2D eigenvalue weighted by atomic mass is 35.5. The van der Waals surface area contributed by atoms with Gasteiger partial charge in [0.05, 0.1) is 25.3 Å². The predicted molar refractivity (Wildman–Crippen MR) is 105 cm³/mol. The van der Waals surface area contributed by atoms with Crippen molar-refractivity contribution in [3.63, 3.8) is 0 Å². The minimum Gasteiger partial charge on any atom is -0.497 e. The van der Waals surface area contributed by atoms with E-state index in [1.807, 2.05) is 24.3 Å². The van der Waals surface area contributed by atoms with Gasteiger partial charge >= 0.3 is 5.63 Å². The second kappa shape index (κ2) is 8.12. The quantitative estimate of drug-likeness (QED) is 0.664. The third kappa shape index (κ3) is 3.93. The minimum atomic E-state index is -0.372. The molecule has 1 aromatic heterocycles. The molecule has 0 spiro atoms. The van der Waals surface area contributed by atoms with Crippen LogP contribution in [-0.2, 0) is 13.1 Å². The molecule has 0 bridgehead atoms. The van der Waals surface area contributed by atoms with E-state index < -0.39 is 0 Å². The van der Waals surface area contributed by atoms with Gasteiger partial charge in [-0.05, 0) is 24.3 Å². The lowest BCUT2D eigenvalue weighted by atomic mass is 10.1. The van der Waals surface area contributed by atoms with Crippen LogP contribution in [-0.4, -0.2) is 20.3 Å². The average Bonchev–Trinajstić information content (AvgIpc) is 2.93. The number of benzene rings is 2. The summed E-state index contributed by atoms with van der Waals surface area (Å²) in [6.45, 7) is 2.53. The van der Waals surface area contributed by atoms with Crippen LogP contribution in [0.2, 0.25) is 5.02 Å². The number of rotatable bonds is 5. The maximum Gasteiger partial charge on any atom is 0.336 e. The molecule has 4 rings (SSSR count). The first kappa shape index (κ1) is 18.7. The number of ether oxygens (including phenoxy) is 3. The van der Waals surface area contributed by atoms with Gasteiger partial charge in [-0.1, -0.05) is 11.6 Å². The maximum atomic E-state index is 11.9. The van der Waals surface area contributed by atoms with Crippen molar-refractivity contribution in [2.75, 3.05) is 20.3 Å². The lowest BCUT2D eigenvalue weighted by molar-refractivity contribution is -0.686. The standard InChI is InChI=1S/C21H20ClNO5/c1-25-15-3-4-16-14(9-20(24)28-18(16)10-15)12-23-11-13-7-17(22)21-19(8-13)26-5-2-6-27-21/h3-4,7-10,23H,2,5-6,11-12H2,1H3/p+1. The molecule has 1 aliphatic heterocycles. The maximum absolute atomic E-state index is 11.9. The predicted octanol–water partition coefficient (Wildman–Crippen LogP) is 2.88. The van der Waals surface area contributed by atoms with E-state index in [0.29, 0.717) is 54.2 Å². The van der Waals surface area contributed by atoms with Gasteiger partial charge in [0.2, 0.25) is 0 Å². The van der Waals surface area contributed by atoms with Crippen LogP contribution in [0.15, 0.2) is 45.6 Å². The van der Waals surface area contributed by atoms with E-state index in [1.54, 1.807) is 13.2 Å². The molecule has 6 nitrogen and oxygen atoms in total. The first-order valence-corrected chi connectivity index (χ1v) is 9.52. The zero-order valence-corrected chi connectivity index (χ0v) is 16.3. The van der Waals surface area contributed by atoms with E-state index in [4.69, 9.17) is 30.2 Å². The van der Waals surface area contributed by atoms with E-state index in [2.05, 4.69) is 5.32 Å². The summed E-state index contributed by atoms with van der Waals surface area (Å²) in [5.74, 6) is 1.95. The molecule has 7 heteroatoms.